The highest BCUT2D eigenvalue weighted by molar-refractivity contribution is 5.95. The molecule has 1 N–H and O–H groups in total. The van der Waals surface area contributed by atoms with Crippen molar-refractivity contribution in [2.75, 3.05) is 27.3 Å². The summed E-state index contributed by atoms with van der Waals surface area (Å²) in [6, 6.07) is 3.66. The fraction of sp³-hybridized carbons (Fsp3) is 0.429. The van der Waals surface area contributed by atoms with E-state index >= 15 is 0 Å². The second-order valence-electron chi connectivity index (χ2n) is 4.82. The third-order valence-corrected chi connectivity index (χ3v) is 3.68. The smallest absolute Gasteiger partial charge is 0.358 e. The summed E-state index contributed by atoms with van der Waals surface area (Å²) < 4.78 is 12.0. The second kappa shape index (κ2) is 5.13. The van der Waals surface area contributed by atoms with Crippen LogP contribution in [0.1, 0.15) is 28.7 Å². The zero-order chi connectivity index (χ0) is 14.1. The second-order valence-corrected chi connectivity index (χ2v) is 4.82. The molecule has 3 rings (SSSR count). The molecule has 1 saturated heterocycles. The van der Waals surface area contributed by atoms with Crippen LogP contribution in [-0.2, 0) is 4.74 Å². The van der Waals surface area contributed by atoms with Gasteiger partial charge in [0.05, 0.1) is 25.9 Å². The van der Waals surface area contributed by atoms with Gasteiger partial charge in [-0.2, -0.15) is 0 Å². The molecule has 0 aromatic carbocycles. The van der Waals surface area contributed by atoms with Crippen molar-refractivity contribution >= 4 is 11.5 Å². The highest BCUT2D eigenvalue weighted by atomic mass is 16.5. The van der Waals surface area contributed by atoms with Crippen LogP contribution in [-0.4, -0.2) is 42.7 Å². The number of hydrogen-bond acceptors (Lipinski definition) is 5. The van der Waals surface area contributed by atoms with E-state index in [9.17, 15) is 4.79 Å². The average molecular weight is 275 g/mol. The van der Waals surface area contributed by atoms with E-state index in [0.29, 0.717) is 11.6 Å². The van der Waals surface area contributed by atoms with Gasteiger partial charge in [-0.05, 0) is 25.1 Å². The van der Waals surface area contributed by atoms with Crippen LogP contribution in [0.5, 0.6) is 5.75 Å². The maximum Gasteiger partial charge on any atom is 0.358 e. The number of ether oxygens (including phenoxy) is 2. The van der Waals surface area contributed by atoms with Crippen molar-refractivity contribution in [1.82, 2.24) is 14.7 Å². The van der Waals surface area contributed by atoms with Crippen molar-refractivity contribution in [1.29, 1.82) is 0 Å². The number of nitrogens with one attached hydrogen (secondary N) is 1. The minimum Gasteiger partial charge on any atom is -0.495 e. The number of rotatable bonds is 3. The summed E-state index contributed by atoms with van der Waals surface area (Å²) in [7, 11) is 2.99. The van der Waals surface area contributed by atoms with Gasteiger partial charge in [0.25, 0.3) is 0 Å². The first kappa shape index (κ1) is 12.9. The zero-order valence-corrected chi connectivity index (χ0v) is 11.5. The van der Waals surface area contributed by atoms with Gasteiger partial charge < -0.3 is 14.8 Å². The molecule has 3 heterocycles. The fourth-order valence-corrected chi connectivity index (χ4v) is 2.62. The summed E-state index contributed by atoms with van der Waals surface area (Å²) in [5, 5.41) is 3.32. The van der Waals surface area contributed by atoms with E-state index in [1.165, 1.54) is 7.11 Å². The molecule has 6 nitrogen and oxygen atoms in total. The number of carbonyl (C=O) groups is 1. The Labute approximate surface area is 116 Å². The zero-order valence-electron chi connectivity index (χ0n) is 11.5. The maximum absolute atomic E-state index is 11.9. The van der Waals surface area contributed by atoms with Crippen LogP contribution in [0, 0.1) is 0 Å². The van der Waals surface area contributed by atoms with Crippen LogP contribution in [0.25, 0.3) is 5.52 Å². The Morgan fingerprint density at radius 3 is 2.95 bits per heavy atom. The molecule has 0 radical (unpaired) electrons. The topological polar surface area (TPSA) is 64.9 Å². The predicted octanol–water partition coefficient (Wildman–Crippen LogP) is 1.21. The fourth-order valence-electron chi connectivity index (χ4n) is 2.62. The third kappa shape index (κ3) is 2.02. The molecule has 1 aliphatic heterocycles. The SMILES string of the molecule is COC(=O)c1nc(C2CCNC2)n2cc(OC)ccc12. The lowest BCUT2D eigenvalue weighted by Gasteiger charge is -2.08. The molecule has 20 heavy (non-hydrogen) atoms. The Bertz CT molecular complexity index is 644. The van der Waals surface area contributed by atoms with E-state index in [2.05, 4.69) is 10.3 Å². The molecular weight excluding hydrogens is 258 g/mol. The summed E-state index contributed by atoms with van der Waals surface area (Å²) >= 11 is 0. The van der Waals surface area contributed by atoms with Crippen molar-refractivity contribution < 1.29 is 14.3 Å². The van der Waals surface area contributed by atoms with Crippen LogP contribution in [0.3, 0.4) is 0 Å². The van der Waals surface area contributed by atoms with Crippen LogP contribution >= 0.6 is 0 Å². The molecular formula is C14H17N3O3. The molecule has 0 bridgehead atoms. The van der Waals surface area contributed by atoms with E-state index in [1.807, 2.05) is 22.7 Å². The van der Waals surface area contributed by atoms with Crippen molar-refractivity contribution in [2.45, 2.75) is 12.3 Å². The molecule has 0 aliphatic carbocycles. The molecule has 1 aliphatic rings. The van der Waals surface area contributed by atoms with Gasteiger partial charge in [0.15, 0.2) is 5.69 Å². The van der Waals surface area contributed by atoms with Gasteiger partial charge in [-0.25, -0.2) is 9.78 Å². The molecule has 1 fully saturated rings. The number of imidazole rings is 1. The predicted molar refractivity (Wildman–Crippen MR) is 73.3 cm³/mol. The lowest BCUT2D eigenvalue weighted by atomic mass is 10.1. The maximum atomic E-state index is 11.9. The number of fused-ring (bicyclic) bond motifs is 1. The van der Waals surface area contributed by atoms with Gasteiger partial charge >= 0.3 is 5.97 Å². The Morgan fingerprint density at radius 1 is 1.45 bits per heavy atom. The summed E-state index contributed by atoms with van der Waals surface area (Å²) in [5.41, 5.74) is 1.11. The van der Waals surface area contributed by atoms with Crippen LogP contribution < -0.4 is 10.1 Å². The molecule has 0 saturated carbocycles. The van der Waals surface area contributed by atoms with Crippen molar-refractivity contribution in [3.05, 3.63) is 29.8 Å². The Morgan fingerprint density at radius 2 is 2.30 bits per heavy atom. The molecule has 0 amide bonds. The average Bonchev–Trinajstić information content (AvgIpc) is 3.12. The minimum atomic E-state index is -0.412. The number of pyridine rings is 1. The standard InChI is InChI=1S/C14H17N3O3/c1-19-10-3-4-11-12(14(18)20-2)16-13(17(11)8-10)9-5-6-15-7-9/h3-4,8-9,15H,5-7H2,1-2H3. The number of methoxy groups -OCH3 is 2. The van der Waals surface area contributed by atoms with Crippen molar-refractivity contribution in [2.24, 2.45) is 0 Å². The van der Waals surface area contributed by atoms with Gasteiger partial charge in [-0.15, -0.1) is 0 Å². The Balaban J connectivity index is 2.18. The van der Waals surface area contributed by atoms with Gasteiger partial charge in [-0.1, -0.05) is 0 Å². The summed E-state index contributed by atoms with van der Waals surface area (Å²) in [6.45, 7) is 1.84. The minimum absolute atomic E-state index is 0.299. The van der Waals surface area contributed by atoms with Gasteiger partial charge in [0.1, 0.15) is 11.6 Å². The number of esters is 1. The summed E-state index contributed by atoms with van der Waals surface area (Å²) in [6.07, 6.45) is 2.87. The Hall–Kier alpha value is -2.08. The van der Waals surface area contributed by atoms with E-state index in [0.717, 1.165) is 36.6 Å². The first-order valence-electron chi connectivity index (χ1n) is 6.59. The number of hydrogen-bond donors (Lipinski definition) is 1. The number of carbonyl (C=O) groups excluding carboxylic acids is 1. The quantitative estimate of drug-likeness (QED) is 0.853. The van der Waals surface area contributed by atoms with Gasteiger partial charge in [0, 0.05) is 12.5 Å². The van der Waals surface area contributed by atoms with E-state index in [1.54, 1.807) is 7.11 Å². The highest BCUT2D eigenvalue weighted by Gasteiger charge is 2.25. The Kier molecular flexibility index (Phi) is 3.31. The van der Waals surface area contributed by atoms with E-state index in [4.69, 9.17) is 9.47 Å². The molecule has 2 aromatic rings. The number of nitrogens with zero attached hydrogens (tertiary/aromatic N) is 2. The largest absolute Gasteiger partial charge is 0.495 e. The van der Waals surface area contributed by atoms with Crippen LogP contribution in [0.15, 0.2) is 18.3 Å². The van der Waals surface area contributed by atoms with E-state index < -0.39 is 5.97 Å². The molecule has 1 atom stereocenters. The van der Waals surface area contributed by atoms with Crippen molar-refractivity contribution in [3.63, 3.8) is 0 Å². The molecule has 0 spiro atoms. The molecule has 6 heteroatoms. The molecule has 106 valence electrons. The monoisotopic (exact) mass is 275 g/mol. The highest BCUT2D eigenvalue weighted by Crippen LogP contribution is 2.26. The van der Waals surface area contributed by atoms with Gasteiger partial charge in [-0.3, -0.25) is 4.40 Å². The van der Waals surface area contributed by atoms with Crippen LogP contribution in [0.4, 0.5) is 0 Å². The molecule has 1 unspecified atom stereocenters. The van der Waals surface area contributed by atoms with Gasteiger partial charge in [0.2, 0.25) is 0 Å². The normalized spacial score (nSPS) is 18.4. The lowest BCUT2D eigenvalue weighted by Crippen LogP contribution is -2.10. The third-order valence-electron chi connectivity index (χ3n) is 3.68. The lowest BCUT2D eigenvalue weighted by molar-refractivity contribution is 0.0596. The molecule has 2 aromatic heterocycles. The summed E-state index contributed by atoms with van der Waals surface area (Å²) in [4.78, 5) is 16.4. The van der Waals surface area contributed by atoms with Crippen LogP contribution in [0.2, 0.25) is 0 Å². The van der Waals surface area contributed by atoms with E-state index in [-0.39, 0.29) is 0 Å². The van der Waals surface area contributed by atoms with Crippen molar-refractivity contribution in [3.8, 4) is 5.75 Å². The number of aromatic nitrogens is 2. The first-order valence-corrected chi connectivity index (χ1v) is 6.59. The summed E-state index contributed by atoms with van der Waals surface area (Å²) in [5.74, 6) is 1.50. The first-order chi connectivity index (χ1) is 9.74.